The van der Waals surface area contributed by atoms with E-state index in [1.165, 1.54) is 18.2 Å². The van der Waals surface area contributed by atoms with Crippen LogP contribution in [0.4, 0.5) is 0 Å². The van der Waals surface area contributed by atoms with Gasteiger partial charge in [0.1, 0.15) is 0 Å². The van der Waals surface area contributed by atoms with Crippen LogP contribution in [0, 0.1) is 0 Å². The van der Waals surface area contributed by atoms with Gasteiger partial charge in [-0.05, 0) is 41.8 Å². The molecule has 8 heteroatoms. The Labute approximate surface area is 180 Å². The first-order valence-corrected chi connectivity index (χ1v) is 9.99. The minimum Gasteiger partial charge on any atom is -0.494 e. The van der Waals surface area contributed by atoms with Crippen LogP contribution in [0.2, 0.25) is 10.0 Å². The van der Waals surface area contributed by atoms with Gasteiger partial charge in [-0.15, -0.1) is 0 Å². The van der Waals surface area contributed by atoms with Gasteiger partial charge in [-0.3, -0.25) is 9.69 Å². The summed E-state index contributed by atoms with van der Waals surface area (Å²) in [5, 5.41) is 3.53. The fourth-order valence-corrected chi connectivity index (χ4v) is 4.09. The maximum Gasteiger partial charge on any atom is 0.251 e. The number of carbonyl (C=O) groups is 1. The zero-order valence-electron chi connectivity index (χ0n) is 16.7. The van der Waals surface area contributed by atoms with Crippen LogP contribution in [-0.2, 0) is 13.0 Å². The first kappa shape index (κ1) is 21.6. The third kappa shape index (κ3) is 4.89. The Kier molecular flexibility index (Phi) is 7.11. The van der Waals surface area contributed by atoms with E-state index >= 15 is 0 Å². The van der Waals surface area contributed by atoms with Crippen LogP contribution < -0.4 is 19.5 Å². The summed E-state index contributed by atoms with van der Waals surface area (Å²) in [6.07, 6.45) is 0.924. The summed E-state index contributed by atoms with van der Waals surface area (Å²) in [6.45, 7) is 2.96. The molecule has 0 aliphatic carbocycles. The number of rotatable bonds is 7. The number of halogens is 2. The van der Waals surface area contributed by atoms with Crippen molar-refractivity contribution in [2.24, 2.45) is 0 Å². The normalized spacial score (nSPS) is 13.6. The van der Waals surface area contributed by atoms with Crippen LogP contribution >= 0.6 is 23.2 Å². The second kappa shape index (κ2) is 9.57. The predicted octanol–water partition coefficient (Wildman–Crippen LogP) is 3.81. The molecule has 156 valence electrons. The van der Waals surface area contributed by atoms with Crippen molar-refractivity contribution in [3.8, 4) is 17.2 Å². The largest absolute Gasteiger partial charge is 0.494 e. The molecule has 0 saturated heterocycles. The Bertz CT molecular complexity index is 881. The van der Waals surface area contributed by atoms with E-state index in [1.54, 1.807) is 26.4 Å². The molecule has 1 N–H and O–H groups in total. The van der Waals surface area contributed by atoms with Crippen LogP contribution in [0.1, 0.15) is 21.5 Å². The van der Waals surface area contributed by atoms with Crippen molar-refractivity contribution in [2.75, 3.05) is 41.0 Å². The molecule has 0 unspecified atom stereocenters. The SMILES string of the molecule is COc1cc2c(cc1OC)CN(CCNC(=O)c1cc(Cl)c(OC)c(Cl)c1)CC2. The molecule has 1 heterocycles. The first-order chi connectivity index (χ1) is 14.0. The van der Waals surface area contributed by atoms with E-state index in [-0.39, 0.29) is 5.91 Å². The lowest BCUT2D eigenvalue weighted by Gasteiger charge is -2.29. The average Bonchev–Trinajstić information content (AvgIpc) is 2.72. The molecule has 1 aliphatic heterocycles. The second-order valence-electron chi connectivity index (χ2n) is 6.73. The molecule has 29 heavy (non-hydrogen) atoms. The Morgan fingerprint density at radius 2 is 1.62 bits per heavy atom. The molecular weight excluding hydrogens is 415 g/mol. The number of nitrogens with zero attached hydrogens (tertiary/aromatic N) is 1. The van der Waals surface area contributed by atoms with Crippen molar-refractivity contribution >= 4 is 29.1 Å². The maximum absolute atomic E-state index is 12.4. The summed E-state index contributed by atoms with van der Waals surface area (Å²) in [6, 6.07) is 7.18. The van der Waals surface area contributed by atoms with Crippen LogP contribution in [-0.4, -0.2) is 51.8 Å². The van der Waals surface area contributed by atoms with Gasteiger partial charge in [0, 0.05) is 31.7 Å². The van der Waals surface area contributed by atoms with Gasteiger partial charge in [0.15, 0.2) is 17.2 Å². The van der Waals surface area contributed by atoms with Crippen LogP contribution in [0.15, 0.2) is 24.3 Å². The number of benzene rings is 2. The van der Waals surface area contributed by atoms with Gasteiger partial charge in [0.25, 0.3) is 5.91 Å². The Morgan fingerprint density at radius 1 is 1.00 bits per heavy atom. The third-order valence-corrected chi connectivity index (χ3v) is 5.54. The molecule has 0 radical (unpaired) electrons. The van der Waals surface area contributed by atoms with E-state index in [0.717, 1.165) is 37.6 Å². The summed E-state index contributed by atoms with van der Waals surface area (Å²) in [7, 11) is 4.76. The molecule has 0 aromatic heterocycles. The van der Waals surface area contributed by atoms with Crippen molar-refractivity contribution < 1.29 is 19.0 Å². The number of fused-ring (bicyclic) bond motifs is 1. The number of amides is 1. The van der Waals surface area contributed by atoms with Crippen molar-refractivity contribution in [1.29, 1.82) is 0 Å². The topological polar surface area (TPSA) is 60.0 Å². The van der Waals surface area contributed by atoms with Gasteiger partial charge in [-0.25, -0.2) is 0 Å². The lowest BCUT2D eigenvalue weighted by Crippen LogP contribution is -2.37. The van der Waals surface area contributed by atoms with Gasteiger partial charge in [-0.2, -0.15) is 0 Å². The highest BCUT2D eigenvalue weighted by atomic mass is 35.5. The molecular formula is C21H24Cl2N2O4. The van der Waals surface area contributed by atoms with E-state index in [4.69, 9.17) is 37.4 Å². The average molecular weight is 439 g/mol. The minimum atomic E-state index is -0.222. The highest BCUT2D eigenvalue weighted by Gasteiger charge is 2.20. The summed E-state index contributed by atoms with van der Waals surface area (Å²) in [4.78, 5) is 14.7. The standard InChI is InChI=1S/C21H24Cl2N2O4/c1-27-18-10-13-4-6-25(12-15(13)11-19(18)28-2)7-5-24-21(26)14-8-16(22)20(29-3)17(23)9-14/h8-11H,4-7,12H2,1-3H3,(H,24,26). The molecule has 1 aliphatic rings. The molecule has 3 rings (SSSR count). The summed E-state index contributed by atoms with van der Waals surface area (Å²) < 4.78 is 15.9. The number of hydrogen-bond donors (Lipinski definition) is 1. The van der Waals surface area contributed by atoms with Gasteiger partial charge < -0.3 is 19.5 Å². The lowest BCUT2D eigenvalue weighted by molar-refractivity contribution is 0.0947. The summed E-state index contributed by atoms with van der Waals surface area (Å²) >= 11 is 12.2. The molecule has 2 aromatic carbocycles. The van der Waals surface area contributed by atoms with Gasteiger partial charge in [0.2, 0.25) is 0 Å². The Hall–Kier alpha value is -2.15. The van der Waals surface area contributed by atoms with Crippen LogP contribution in [0.3, 0.4) is 0 Å². The second-order valence-corrected chi connectivity index (χ2v) is 7.55. The number of hydrogen-bond acceptors (Lipinski definition) is 5. The van der Waals surface area contributed by atoms with E-state index in [9.17, 15) is 4.79 Å². The minimum absolute atomic E-state index is 0.222. The van der Waals surface area contributed by atoms with E-state index in [2.05, 4.69) is 10.2 Å². The lowest BCUT2D eigenvalue weighted by atomic mass is 9.99. The quantitative estimate of drug-likeness (QED) is 0.711. The van der Waals surface area contributed by atoms with Crippen LogP contribution in [0.5, 0.6) is 17.2 Å². The Balaban J connectivity index is 1.57. The fourth-order valence-electron chi connectivity index (χ4n) is 3.45. The van der Waals surface area contributed by atoms with Crippen LogP contribution in [0.25, 0.3) is 0 Å². The monoisotopic (exact) mass is 438 g/mol. The van der Waals surface area contributed by atoms with E-state index in [1.807, 2.05) is 12.1 Å². The first-order valence-electron chi connectivity index (χ1n) is 9.24. The van der Waals surface area contributed by atoms with Crippen molar-refractivity contribution in [1.82, 2.24) is 10.2 Å². The number of carbonyl (C=O) groups excluding carboxylic acids is 1. The van der Waals surface area contributed by atoms with Gasteiger partial charge >= 0.3 is 0 Å². The Morgan fingerprint density at radius 3 is 2.21 bits per heavy atom. The van der Waals surface area contributed by atoms with Gasteiger partial charge in [0.05, 0.1) is 31.4 Å². The highest BCUT2D eigenvalue weighted by Crippen LogP contribution is 2.34. The number of ether oxygens (including phenoxy) is 3. The fraction of sp³-hybridized carbons (Fsp3) is 0.381. The summed E-state index contributed by atoms with van der Waals surface area (Å²) in [5.41, 5.74) is 2.89. The zero-order valence-corrected chi connectivity index (χ0v) is 18.2. The molecule has 0 saturated carbocycles. The molecule has 2 aromatic rings. The zero-order chi connectivity index (χ0) is 21.0. The molecule has 0 atom stereocenters. The number of nitrogens with one attached hydrogen (secondary N) is 1. The number of methoxy groups -OCH3 is 3. The molecule has 6 nitrogen and oxygen atoms in total. The molecule has 0 bridgehead atoms. The predicted molar refractivity (Wildman–Crippen MR) is 114 cm³/mol. The molecule has 0 fully saturated rings. The van der Waals surface area contributed by atoms with E-state index in [0.29, 0.717) is 27.9 Å². The smallest absolute Gasteiger partial charge is 0.251 e. The molecule has 1 amide bonds. The third-order valence-electron chi connectivity index (χ3n) is 4.98. The highest BCUT2D eigenvalue weighted by molar-refractivity contribution is 6.37. The van der Waals surface area contributed by atoms with Crippen molar-refractivity contribution in [2.45, 2.75) is 13.0 Å². The summed E-state index contributed by atoms with van der Waals surface area (Å²) in [5.74, 6) is 1.63. The van der Waals surface area contributed by atoms with Crippen molar-refractivity contribution in [3.63, 3.8) is 0 Å². The molecule has 0 spiro atoms. The van der Waals surface area contributed by atoms with Gasteiger partial charge in [-0.1, -0.05) is 23.2 Å². The maximum atomic E-state index is 12.4. The van der Waals surface area contributed by atoms with Crippen molar-refractivity contribution in [3.05, 3.63) is 51.0 Å². The van der Waals surface area contributed by atoms with E-state index < -0.39 is 0 Å².